The van der Waals surface area contributed by atoms with Gasteiger partial charge in [-0.1, -0.05) is 48.5 Å². The third-order valence-electron chi connectivity index (χ3n) is 6.50. The van der Waals surface area contributed by atoms with Gasteiger partial charge in [0.1, 0.15) is 12.6 Å². The van der Waals surface area contributed by atoms with Crippen LogP contribution in [0.1, 0.15) is 29.9 Å². The van der Waals surface area contributed by atoms with Crippen LogP contribution in [0.25, 0.3) is 11.1 Å². The number of ether oxygens (including phenoxy) is 1. The van der Waals surface area contributed by atoms with E-state index in [-0.39, 0.29) is 24.9 Å². The Morgan fingerprint density at radius 2 is 1.61 bits per heavy atom. The Hall–Kier alpha value is -2.61. The van der Waals surface area contributed by atoms with E-state index < -0.39 is 18.1 Å². The fraction of sp³-hybridized carbons (Fsp3) is 0.440. The van der Waals surface area contributed by atoms with Gasteiger partial charge in [-0.3, -0.25) is 0 Å². The number of rotatable bonds is 8. The van der Waals surface area contributed by atoms with Crippen molar-refractivity contribution in [1.29, 1.82) is 0 Å². The quantitative estimate of drug-likeness (QED) is 0.611. The van der Waals surface area contributed by atoms with Crippen LogP contribution in [0.5, 0.6) is 0 Å². The van der Waals surface area contributed by atoms with E-state index in [1.165, 1.54) is 0 Å². The van der Waals surface area contributed by atoms with E-state index in [4.69, 9.17) is 4.74 Å². The van der Waals surface area contributed by atoms with Gasteiger partial charge in [0, 0.05) is 32.1 Å². The summed E-state index contributed by atoms with van der Waals surface area (Å²) in [5, 5.41) is 12.1. The van der Waals surface area contributed by atoms with Crippen molar-refractivity contribution in [1.82, 2.24) is 15.1 Å². The fourth-order valence-electron chi connectivity index (χ4n) is 4.63. The van der Waals surface area contributed by atoms with Crippen molar-refractivity contribution in [2.45, 2.75) is 24.8 Å². The van der Waals surface area contributed by atoms with Crippen molar-refractivity contribution in [3.8, 4) is 11.1 Å². The molecule has 1 heterocycles. The number of carbonyl (C=O) groups is 2. The summed E-state index contributed by atoms with van der Waals surface area (Å²) < 4.78 is 5.50. The number of hydrogen-bond acceptors (Lipinski definition) is 5. The average molecular weight is 474 g/mol. The minimum Gasteiger partial charge on any atom is -0.480 e. The minimum absolute atomic E-state index is 0. The molecule has 0 spiro atoms. The molecule has 4 rings (SSSR count). The van der Waals surface area contributed by atoms with E-state index in [2.05, 4.69) is 46.4 Å². The molecule has 178 valence electrons. The number of carbonyl (C=O) groups excluding carboxylic acids is 1. The summed E-state index contributed by atoms with van der Waals surface area (Å²) in [5.41, 5.74) is 4.57. The molecule has 0 bridgehead atoms. The first-order valence-electron chi connectivity index (χ1n) is 11.3. The molecule has 8 heteroatoms. The van der Waals surface area contributed by atoms with Crippen molar-refractivity contribution < 1.29 is 19.4 Å². The number of alkyl carbamates (subject to hydrolysis) is 1. The highest BCUT2D eigenvalue weighted by atomic mass is 35.5. The van der Waals surface area contributed by atoms with Gasteiger partial charge >= 0.3 is 12.1 Å². The molecular formula is C25H32ClN3O4. The van der Waals surface area contributed by atoms with Crippen molar-refractivity contribution in [2.75, 3.05) is 46.4 Å². The highest BCUT2D eigenvalue weighted by molar-refractivity contribution is 5.85. The van der Waals surface area contributed by atoms with Crippen LogP contribution in [0, 0.1) is 0 Å². The highest BCUT2D eigenvalue weighted by Crippen LogP contribution is 2.44. The molecule has 7 nitrogen and oxygen atoms in total. The van der Waals surface area contributed by atoms with E-state index >= 15 is 0 Å². The number of nitrogens with zero attached hydrogens (tertiary/aromatic N) is 2. The van der Waals surface area contributed by atoms with E-state index in [0.717, 1.165) is 55.0 Å². The first-order chi connectivity index (χ1) is 15.5. The first-order valence-corrected chi connectivity index (χ1v) is 11.3. The summed E-state index contributed by atoms with van der Waals surface area (Å²) in [6, 6.07) is 15.3. The van der Waals surface area contributed by atoms with Gasteiger partial charge in [-0.15, -0.1) is 12.4 Å². The molecule has 2 N–H and O–H groups in total. The molecule has 1 aliphatic heterocycles. The van der Waals surface area contributed by atoms with E-state index in [0.29, 0.717) is 12.8 Å². The van der Waals surface area contributed by atoms with Crippen LogP contribution in [-0.4, -0.2) is 79.4 Å². The summed E-state index contributed by atoms with van der Waals surface area (Å²) in [6.45, 7) is 5.06. The number of fused-ring (bicyclic) bond motifs is 3. The van der Waals surface area contributed by atoms with E-state index in [9.17, 15) is 14.7 Å². The number of benzene rings is 2. The second-order valence-electron chi connectivity index (χ2n) is 8.65. The molecule has 2 aromatic carbocycles. The van der Waals surface area contributed by atoms with Gasteiger partial charge in [-0.25, -0.2) is 9.59 Å². The number of hydrogen-bond donors (Lipinski definition) is 2. The number of likely N-dealkylation sites (N-methyl/N-ethyl adjacent to an activating group) is 1. The number of aliphatic carboxylic acids is 1. The number of nitrogens with one attached hydrogen (secondary N) is 1. The average Bonchev–Trinajstić information content (AvgIpc) is 3.12. The van der Waals surface area contributed by atoms with E-state index in [1.807, 2.05) is 24.3 Å². The molecule has 0 saturated carbocycles. The van der Waals surface area contributed by atoms with Gasteiger partial charge in [-0.05, 0) is 48.7 Å². The summed E-state index contributed by atoms with van der Waals surface area (Å²) in [7, 11) is 2.11. The molecule has 1 fully saturated rings. The predicted molar refractivity (Wildman–Crippen MR) is 130 cm³/mol. The lowest BCUT2D eigenvalue weighted by Crippen LogP contribution is -2.45. The lowest BCUT2D eigenvalue weighted by Gasteiger charge is -2.32. The van der Waals surface area contributed by atoms with Crippen LogP contribution in [0.2, 0.25) is 0 Å². The molecule has 1 atom stereocenters. The Morgan fingerprint density at radius 1 is 1.03 bits per heavy atom. The number of piperazine rings is 1. The zero-order valence-electron chi connectivity index (χ0n) is 18.9. The van der Waals surface area contributed by atoms with E-state index in [1.54, 1.807) is 0 Å². The molecule has 33 heavy (non-hydrogen) atoms. The van der Waals surface area contributed by atoms with Crippen LogP contribution in [0.3, 0.4) is 0 Å². The van der Waals surface area contributed by atoms with Gasteiger partial charge in [0.05, 0.1) is 0 Å². The van der Waals surface area contributed by atoms with Gasteiger partial charge in [-0.2, -0.15) is 0 Å². The summed E-state index contributed by atoms with van der Waals surface area (Å²) >= 11 is 0. The smallest absolute Gasteiger partial charge is 0.407 e. The van der Waals surface area contributed by atoms with Crippen molar-refractivity contribution >= 4 is 24.5 Å². The zero-order chi connectivity index (χ0) is 22.5. The normalized spacial score (nSPS) is 16.9. The van der Waals surface area contributed by atoms with Crippen LogP contribution in [-0.2, 0) is 9.53 Å². The number of carboxylic acid groups (broad SMARTS) is 1. The first kappa shape index (κ1) is 25.0. The second-order valence-corrected chi connectivity index (χ2v) is 8.65. The predicted octanol–water partition coefficient (Wildman–Crippen LogP) is 3.43. The third-order valence-corrected chi connectivity index (χ3v) is 6.50. The molecule has 1 saturated heterocycles. The summed E-state index contributed by atoms with van der Waals surface area (Å²) in [4.78, 5) is 28.7. The van der Waals surface area contributed by atoms with Crippen LogP contribution >= 0.6 is 12.4 Å². The maximum absolute atomic E-state index is 12.4. The fourth-order valence-corrected chi connectivity index (χ4v) is 4.63. The lowest BCUT2D eigenvalue weighted by atomic mass is 9.98. The third kappa shape index (κ3) is 6.05. The Labute approximate surface area is 201 Å². The minimum atomic E-state index is -1.03. The SMILES string of the molecule is CN1CCN(CCCC(NC(=O)OCC2c3ccccc3-c3ccccc32)C(=O)O)CC1.Cl. The second kappa shape index (κ2) is 11.5. The largest absolute Gasteiger partial charge is 0.480 e. The number of carboxylic acids is 1. The Bertz CT molecular complexity index is 917. The Balaban J connectivity index is 0.00000306. The van der Waals surface area contributed by atoms with Gasteiger partial charge in [0.15, 0.2) is 0 Å². The highest BCUT2D eigenvalue weighted by Gasteiger charge is 2.29. The summed E-state index contributed by atoms with van der Waals surface area (Å²) in [5.74, 6) is -1.08. The molecule has 2 aliphatic rings. The maximum Gasteiger partial charge on any atom is 0.407 e. The Kier molecular flexibility index (Phi) is 8.72. The van der Waals surface area contributed by atoms with Crippen molar-refractivity contribution in [3.05, 3.63) is 59.7 Å². The molecular weight excluding hydrogens is 442 g/mol. The molecule has 1 amide bonds. The molecule has 2 aromatic rings. The van der Waals surface area contributed by atoms with Gasteiger partial charge < -0.3 is 25.0 Å². The van der Waals surface area contributed by atoms with Crippen molar-refractivity contribution in [3.63, 3.8) is 0 Å². The standard InChI is InChI=1S/C25H31N3O4.ClH/c1-27-13-15-28(16-14-27)12-6-11-23(24(29)30)26-25(31)32-17-22-20-9-4-2-7-18(20)19-8-3-5-10-21(19)22;/h2-5,7-10,22-23H,6,11-17H2,1H3,(H,26,31)(H,29,30);1H. The zero-order valence-corrected chi connectivity index (χ0v) is 19.7. The Morgan fingerprint density at radius 3 is 2.18 bits per heavy atom. The van der Waals surface area contributed by atoms with Crippen LogP contribution in [0.15, 0.2) is 48.5 Å². The topological polar surface area (TPSA) is 82.1 Å². The van der Waals surface area contributed by atoms with Crippen LogP contribution < -0.4 is 5.32 Å². The number of amides is 1. The van der Waals surface area contributed by atoms with Gasteiger partial charge in [0.25, 0.3) is 0 Å². The molecule has 1 unspecified atom stereocenters. The maximum atomic E-state index is 12.4. The lowest BCUT2D eigenvalue weighted by molar-refractivity contribution is -0.139. The van der Waals surface area contributed by atoms with Gasteiger partial charge in [0.2, 0.25) is 0 Å². The molecule has 0 radical (unpaired) electrons. The summed E-state index contributed by atoms with van der Waals surface area (Å²) in [6.07, 6.45) is 0.412. The monoisotopic (exact) mass is 473 g/mol. The van der Waals surface area contributed by atoms with Crippen molar-refractivity contribution in [2.24, 2.45) is 0 Å². The number of halogens is 1. The molecule has 0 aromatic heterocycles. The van der Waals surface area contributed by atoms with Crippen LogP contribution in [0.4, 0.5) is 4.79 Å². The molecule has 1 aliphatic carbocycles.